The standard InChI is InChI=1S/C25H24N6O3S2/c1-2-14-3-7-16(8-4-14)19-18(13-26)23(28)31-25-20(19)21(27)22(35-25)24(32)30-12-11-15-5-9-17(10-6-15)36(29,33)34/h3-10H,2,11-12,27H2,1H3,(H2,28,31)(H,30,32)(H2,29,33,34). The minimum absolute atomic E-state index is 0.0250. The van der Waals surface area contributed by atoms with Crippen LogP contribution in [-0.4, -0.2) is 25.9 Å². The number of aromatic nitrogens is 1. The van der Waals surface area contributed by atoms with Crippen LogP contribution >= 0.6 is 11.3 Å². The molecule has 0 fully saturated rings. The quantitative estimate of drug-likeness (QED) is 0.289. The van der Waals surface area contributed by atoms with Gasteiger partial charge in [0.15, 0.2) is 0 Å². The summed E-state index contributed by atoms with van der Waals surface area (Å²) in [6, 6.07) is 16.0. The van der Waals surface area contributed by atoms with Gasteiger partial charge in [0.25, 0.3) is 5.91 Å². The Labute approximate surface area is 212 Å². The average molecular weight is 521 g/mol. The first kappa shape index (κ1) is 25.1. The van der Waals surface area contributed by atoms with E-state index in [2.05, 4.69) is 23.3 Å². The molecule has 4 rings (SSSR count). The van der Waals surface area contributed by atoms with Gasteiger partial charge < -0.3 is 16.8 Å². The smallest absolute Gasteiger partial charge is 0.263 e. The van der Waals surface area contributed by atoms with Crippen LogP contribution in [-0.2, 0) is 22.9 Å². The van der Waals surface area contributed by atoms with Crippen LogP contribution in [0.1, 0.15) is 33.3 Å². The van der Waals surface area contributed by atoms with Crippen LogP contribution in [0.5, 0.6) is 0 Å². The second-order valence-electron chi connectivity index (χ2n) is 8.13. The van der Waals surface area contributed by atoms with Gasteiger partial charge in [-0.2, -0.15) is 5.26 Å². The highest BCUT2D eigenvalue weighted by molar-refractivity contribution is 7.89. The summed E-state index contributed by atoms with van der Waals surface area (Å²) in [4.78, 5) is 18.1. The molecule has 0 bridgehead atoms. The van der Waals surface area contributed by atoms with Gasteiger partial charge in [0.05, 0.1) is 10.6 Å². The number of rotatable bonds is 7. The van der Waals surface area contributed by atoms with E-state index in [0.717, 1.165) is 34.4 Å². The van der Waals surface area contributed by atoms with E-state index in [4.69, 9.17) is 16.6 Å². The summed E-state index contributed by atoms with van der Waals surface area (Å²) in [6.45, 7) is 2.35. The van der Waals surface area contributed by atoms with Crippen molar-refractivity contribution in [3.8, 4) is 17.2 Å². The molecule has 11 heteroatoms. The van der Waals surface area contributed by atoms with Crippen molar-refractivity contribution in [1.29, 1.82) is 5.26 Å². The summed E-state index contributed by atoms with van der Waals surface area (Å²) in [5.41, 5.74) is 16.3. The van der Waals surface area contributed by atoms with Crippen LogP contribution in [0.15, 0.2) is 53.4 Å². The lowest BCUT2D eigenvalue weighted by Crippen LogP contribution is -2.25. The monoisotopic (exact) mass is 520 g/mol. The topological polar surface area (TPSA) is 178 Å². The van der Waals surface area contributed by atoms with Gasteiger partial charge in [-0.25, -0.2) is 18.5 Å². The Morgan fingerprint density at radius 2 is 1.72 bits per heavy atom. The van der Waals surface area contributed by atoms with Crippen molar-refractivity contribution in [2.45, 2.75) is 24.7 Å². The number of aryl methyl sites for hydroxylation is 1. The molecule has 9 nitrogen and oxygen atoms in total. The van der Waals surface area contributed by atoms with Gasteiger partial charge >= 0.3 is 0 Å². The Morgan fingerprint density at radius 1 is 1.08 bits per heavy atom. The van der Waals surface area contributed by atoms with E-state index >= 15 is 0 Å². The maximum Gasteiger partial charge on any atom is 0.263 e. The number of primary sulfonamides is 1. The van der Waals surface area contributed by atoms with E-state index in [1.54, 1.807) is 12.1 Å². The SMILES string of the molecule is CCc1ccc(-c2c(C#N)c(N)nc3sc(C(=O)NCCc4ccc(S(N)(=O)=O)cc4)c(N)c23)cc1. The predicted molar refractivity (Wildman–Crippen MR) is 142 cm³/mol. The number of carbonyl (C=O) groups excluding carboxylic acids is 1. The molecule has 2 heterocycles. The molecule has 0 saturated heterocycles. The van der Waals surface area contributed by atoms with Crippen molar-refractivity contribution in [3.05, 3.63) is 70.1 Å². The van der Waals surface area contributed by atoms with Crippen molar-refractivity contribution in [2.75, 3.05) is 18.0 Å². The van der Waals surface area contributed by atoms with Crippen molar-refractivity contribution < 1.29 is 13.2 Å². The van der Waals surface area contributed by atoms with Crippen LogP contribution in [0.25, 0.3) is 21.3 Å². The zero-order valence-electron chi connectivity index (χ0n) is 19.4. The molecule has 0 aliphatic rings. The number of nitrogen functional groups attached to an aromatic ring is 2. The van der Waals surface area contributed by atoms with E-state index in [1.165, 1.54) is 12.1 Å². The molecular weight excluding hydrogens is 496 g/mol. The molecule has 0 unspecified atom stereocenters. The number of nitriles is 1. The maximum atomic E-state index is 13.0. The molecule has 0 saturated carbocycles. The molecule has 4 aromatic rings. The summed E-state index contributed by atoms with van der Waals surface area (Å²) >= 11 is 1.11. The number of sulfonamides is 1. The molecule has 0 spiro atoms. The molecule has 36 heavy (non-hydrogen) atoms. The minimum Gasteiger partial charge on any atom is -0.397 e. The van der Waals surface area contributed by atoms with Crippen molar-refractivity contribution in [3.63, 3.8) is 0 Å². The number of benzene rings is 2. The number of pyridine rings is 1. The third-order valence-corrected chi connectivity index (χ3v) is 7.85. The molecule has 7 N–H and O–H groups in total. The number of hydrogen-bond acceptors (Lipinski definition) is 8. The number of nitrogens with one attached hydrogen (secondary N) is 1. The normalized spacial score (nSPS) is 11.4. The fraction of sp³-hybridized carbons (Fsp3) is 0.160. The second kappa shape index (κ2) is 9.94. The van der Waals surface area contributed by atoms with Crippen LogP contribution in [0.2, 0.25) is 0 Å². The lowest BCUT2D eigenvalue weighted by atomic mass is 9.96. The third kappa shape index (κ3) is 4.87. The molecule has 2 aromatic carbocycles. The Hall–Kier alpha value is -3.98. The number of carbonyl (C=O) groups is 1. The number of thiophene rings is 1. The molecule has 1 amide bonds. The van der Waals surface area contributed by atoms with E-state index in [-0.39, 0.29) is 32.7 Å². The Bertz CT molecular complexity index is 1600. The number of hydrogen-bond donors (Lipinski definition) is 4. The van der Waals surface area contributed by atoms with Gasteiger partial charge in [-0.1, -0.05) is 43.3 Å². The van der Waals surface area contributed by atoms with Crippen molar-refractivity contribution in [2.24, 2.45) is 5.14 Å². The van der Waals surface area contributed by atoms with Gasteiger partial charge in [-0.05, 0) is 41.7 Å². The number of fused-ring (bicyclic) bond motifs is 1. The summed E-state index contributed by atoms with van der Waals surface area (Å²) in [5.74, 6) is -0.295. The summed E-state index contributed by atoms with van der Waals surface area (Å²) in [7, 11) is -3.76. The lowest BCUT2D eigenvalue weighted by molar-refractivity contribution is 0.0959. The molecule has 0 aliphatic carbocycles. The van der Waals surface area contributed by atoms with Crippen LogP contribution in [0, 0.1) is 11.3 Å². The highest BCUT2D eigenvalue weighted by atomic mass is 32.2. The van der Waals surface area contributed by atoms with E-state index in [0.29, 0.717) is 28.7 Å². The number of nitrogens with two attached hydrogens (primary N) is 3. The van der Waals surface area contributed by atoms with Crippen molar-refractivity contribution >= 4 is 49.0 Å². The van der Waals surface area contributed by atoms with E-state index in [1.807, 2.05) is 24.3 Å². The molecule has 184 valence electrons. The molecular formula is C25H24N6O3S2. The fourth-order valence-corrected chi connectivity index (χ4v) is 5.44. The van der Waals surface area contributed by atoms with Crippen molar-refractivity contribution in [1.82, 2.24) is 10.3 Å². The number of anilines is 2. The Kier molecular flexibility index (Phi) is 6.94. The molecule has 0 atom stereocenters. The van der Waals surface area contributed by atoms with Gasteiger partial charge in [0.1, 0.15) is 27.2 Å². The van der Waals surface area contributed by atoms with Crippen LogP contribution in [0.4, 0.5) is 11.5 Å². The zero-order valence-corrected chi connectivity index (χ0v) is 21.0. The molecule has 2 aromatic heterocycles. The first-order valence-corrected chi connectivity index (χ1v) is 13.4. The largest absolute Gasteiger partial charge is 0.397 e. The molecule has 0 radical (unpaired) electrons. The fourth-order valence-electron chi connectivity index (χ4n) is 3.89. The maximum absolute atomic E-state index is 13.0. The first-order chi connectivity index (χ1) is 17.1. The highest BCUT2D eigenvalue weighted by Crippen LogP contribution is 2.42. The van der Waals surface area contributed by atoms with Gasteiger partial charge in [-0.15, -0.1) is 11.3 Å². The summed E-state index contributed by atoms with van der Waals surface area (Å²) < 4.78 is 22.8. The second-order valence-corrected chi connectivity index (χ2v) is 10.7. The van der Waals surface area contributed by atoms with Gasteiger partial charge in [-0.3, -0.25) is 4.79 Å². The Balaban J connectivity index is 1.62. The molecule has 0 aliphatic heterocycles. The van der Waals surface area contributed by atoms with Gasteiger partial charge in [0.2, 0.25) is 10.0 Å². The number of amides is 1. The first-order valence-electron chi connectivity index (χ1n) is 11.0. The minimum atomic E-state index is -3.76. The summed E-state index contributed by atoms with van der Waals surface area (Å²) in [6.07, 6.45) is 1.35. The predicted octanol–water partition coefficient (Wildman–Crippen LogP) is 3.18. The highest BCUT2D eigenvalue weighted by Gasteiger charge is 2.24. The average Bonchev–Trinajstić information content (AvgIpc) is 3.18. The lowest BCUT2D eigenvalue weighted by Gasteiger charge is -2.10. The number of nitrogens with zero attached hydrogens (tertiary/aromatic N) is 2. The summed E-state index contributed by atoms with van der Waals surface area (Å²) in [5, 5.41) is 18.3. The third-order valence-electron chi connectivity index (χ3n) is 5.82. The van der Waals surface area contributed by atoms with E-state index < -0.39 is 10.0 Å². The van der Waals surface area contributed by atoms with Crippen LogP contribution < -0.4 is 21.9 Å². The van der Waals surface area contributed by atoms with Crippen LogP contribution in [0.3, 0.4) is 0 Å². The zero-order chi connectivity index (χ0) is 26.0. The Morgan fingerprint density at radius 3 is 2.31 bits per heavy atom. The van der Waals surface area contributed by atoms with Gasteiger partial charge in [0, 0.05) is 17.5 Å². The van der Waals surface area contributed by atoms with E-state index in [9.17, 15) is 18.5 Å².